The molecule has 4 rings (SSSR count). The highest BCUT2D eigenvalue weighted by atomic mass is 16.3. The van der Waals surface area contributed by atoms with E-state index in [1.807, 2.05) is 14.0 Å². The molecule has 0 aromatic carbocycles. The Morgan fingerprint density at radius 1 is 1.18 bits per heavy atom. The van der Waals surface area contributed by atoms with Gasteiger partial charge < -0.3 is 15.3 Å². The SMILES string of the molecule is C=C(C)/C(C)=C/C(=NC)C1=CC(=C2CCC2)N2C=C(N3CCC(C)(NCCO)CC3)C=CC2=N1.CCC/C=C(/C)C(C)CC. The molecule has 44 heavy (non-hydrogen) atoms. The van der Waals surface area contributed by atoms with Gasteiger partial charge in [-0.3, -0.25) is 9.89 Å². The largest absolute Gasteiger partial charge is 0.395 e. The van der Waals surface area contributed by atoms with Crippen LogP contribution >= 0.6 is 0 Å². The molecule has 6 nitrogen and oxygen atoms in total. The highest BCUT2D eigenvalue weighted by Crippen LogP contribution is 2.36. The van der Waals surface area contributed by atoms with Crippen LogP contribution in [0.2, 0.25) is 0 Å². The number of piperidine rings is 1. The van der Waals surface area contributed by atoms with E-state index in [1.54, 1.807) is 5.57 Å². The first-order chi connectivity index (χ1) is 21.0. The molecule has 0 bridgehead atoms. The number of nitrogens with one attached hydrogen (secondary N) is 1. The van der Waals surface area contributed by atoms with Gasteiger partial charge in [-0.05, 0) is 114 Å². The third-order valence-corrected chi connectivity index (χ3v) is 9.57. The van der Waals surface area contributed by atoms with Gasteiger partial charge in [0.05, 0.1) is 23.7 Å². The molecule has 242 valence electrons. The first-order valence-corrected chi connectivity index (χ1v) is 16.9. The molecule has 1 saturated heterocycles. The molecule has 2 fully saturated rings. The lowest BCUT2D eigenvalue weighted by atomic mass is 9.88. The normalized spacial score (nSPS) is 21.0. The molecule has 2 N–H and O–H groups in total. The Balaban J connectivity index is 0.000000456. The number of fused-ring (bicyclic) bond motifs is 1. The summed E-state index contributed by atoms with van der Waals surface area (Å²) in [5, 5.41) is 12.7. The lowest BCUT2D eigenvalue weighted by molar-refractivity contribution is 0.167. The number of rotatable bonds is 11. The van der Waals surface area contributed by atoms with Crippen molar-refractivity contribution in [2.45, 2.75) is 105 Å². The molecule has 3 aliphatic heterocycles. The summed E-state index contributed by atoms with van der Waals surface area (Å²) in [6, 6.07) is 0. The van der Waals surface area contributed by atoms with Crippen LogP contribution in [0, 0.1) is 5.92 Å². The quantitative estimate of drug-likeness (QED) is 0.142. The van der Waals surface area contributed by atoms with Crippen LogP contribution in [0.4, 0.5) is 0 Å². The Morgan fingerprint density at radius 3 is 2.43 bits per heavy atom. The smallest absolute Gasteiger partial charge is 0.137 e. The first-order valence-electron chi connectivity index (χ1n) is 16.9. The number of aliphatic imine (C=N–C) groups is 2. The number of allylic oxidation sites excluding steroid dienone is 8. The van der Waals surface area contributed by atoms with E-state index in [0.717, 1.165) is 73.1 Å². The molecule has 3 heterocycles. The number of aliphatic hydroxyl groups is 1. The third-order valence-electron chi connectivity index (χ3n) is 9.57. The molecule has 0 aromatic rings. The maximum Gasteiger partial charge on any atom is 0.137 e. The topological polar surface area (TPSA) is 63.5 Å². The Hall–Kier alpha value is -2.96. The van der Waals surface area contributed by atoms with Gasteiger partial charge in [-0.1, -0.05) is 51.0 Å². The van der Waals surface area contributed by atoms with Crippen molar-refractivity contribution in [1.82, 2.24) is 15.1 Å². The fraction of sp³-hybridized carbons (Fsp3) is 0.579. The van der Waals surface area contributed by atoms with Crippen LogP contribution in [0.5, 0.6) is 0 Å². The second-order valence-corrected chi connectivity index (χ2v) is 13.1. The van der Waals surface area contributed by atoms with Crippen molar-refractivity contribution in [2.75, 3.05) is 33.3 Å². The number of hydrogen-bond acceptors (Lipinski definition) is 6. The van der Waals surface area contributed by atoms with Gasteiger partial charge in [0, 0.05) is 44.1 Å². The number of β-amino-alcohol motifs (C(OH)–C–C–N with tert-alkyl or cyclic N) is 1. The van der Waals surface area contributed by atoms with Crippen LogP contribution in [0.3, 0.4) is 0 Å². The number of likely N-dealkylation sites (tertiary alicyclic amines) is 1. The molecule has 1 aliphatic carbocycles. The summed E-state index contributed by atoms with van der Waals surface area (Å²) in [5.41, 5.74) is 9.59. The van der Waals surface area contributed by atoms with Crippen LogP contribution in [-0.4, -0.2) is 65.3 Å². The van der Waals surface area contributed by atoms with Crippen molar-refractivity contribution in [1.29, 1.82) is 0 Å². The standard InChI is InChI=1S/C28H39N5O.C10H20/c1-20(2)21(3)17-24(29-5)25-18-26(22-7-6-8-22)33-19-23(9-10-27(33)31-25)32-14-11-28(4,12-15-32)30-13-16-34;1-5-7-8-10(4)9(3)6-2/h9-10,17-19,30,34H,1,6-8,11-16H2,2-5H3;8-9H,5-7H2,1-4H3/b21-17+,29-24?;10-8-. The number of amidine groups is 1. The van der Waals surface area contributed by atoms with E-state index < -0.39 is 0 Å². The maximum atomic E-state index is 9.18. The van der Waals surface area contributed by atoms with Crippen molar-refractivity contribution in [3.63, 3.8) is 0 Å². The minimum atomic E-state index is 0.0952. The summed E-state index contributed by atoms with van der Waals surface area (Å²) in [5.74, 6) is 1.73. The molecule has 1 atom stereocenters. The summed E-state index contributed by atoms with van der Waals surface area (Å²) in [6.45, 7) is 22.2. The highest BCUT2D eigenvalue weighted by molar-refractivity contribution is 6.12. The van der Waals surface area contributed by atoms with Crippen LogP contribution in [0.25, 0.3) is 0 Å². The molecule has 1 saturated carbocycles. The number of hydrogen-bond donors (Lipinski definition) is 2. The lowest BCUT2D eigenvalue weighted by Gasteiger charge is -2.43. The number of unbranched alkanes of at least 4 members (excludes halogenated alkanes) is 1. The average Bonchev–Trinajstić information content (AvgIpc) is 3.00. The van der Waals surface area contributed by atoms with Crippen LogP contribution < -0.4 is 5.32 Å². The fourth-order valence-electron chi connectivity index (χ4n) is 5.59. The van der Waals surface area contributed by atoms with E-state index in [0.29, 0.717) is 6.54 Å². The molecule has 1 unspecified atom stereocenters. The Labute approximate surface area is 268 Å². The van der Waals surface area contributed by atoms with Gasteiger partial charge in [0.15, 0.2) is 0 Å². The monoisotopic (exact) mass is 601 g/mol. The van der Waals surface area contributed by atoms with Crippen LogP contribution in [-0.2, 0) is 0 Å². The number of nitrogens with zero attached hydrogens (tertiary/aromatic N) is 4. The van der Waals surface area contributed by atoms with Crippen LogP contribution in [0.15, 0.2) is 92.5 Å². The Bertz CT molecular complexity index is 1260. The van der Waals surface area contributed by atoms with Crippen molar-refractivity contribution >= 4 is 11.5 Å². The molecule has 0 radical (unpaired) electrons. The zero-order valence-corrected chi connectivity index (χ0v) is 29.0. The molecular weight excluding hydrogens is 542 g/mol. The van der Waals surface area contributed by atoms with Gasteiger partial charge in [0.2, 0.25) is 0 Å². The van der Waals surface area contributed by atoms with E-state index in [2.05, 4.69) is 105 Å². The van der Waals surface area contributed by atoms with Crippen molar-refractivity contribution in [3.05, 3.63) is 82.5 Å². The average molecular weight is 602 g/mol. The predicted octanol–water partition coefficient (Wildman–Crippen LogP) is 8.24. The number of aliphatic hydroxyl groups excluding tert-OH is 1. The third kappa shape index (κ3) is 9.52. The van der Waals surface area contributed by atoms with Gasteiger partial charge >= 0.3 is 0 Å². The molecule has 6 heteroatoms. The molecule has 0 amide bonds. The summed E-state index contributed by atoms with van der Waals surface area (Å²) in [4.78, 5) is 14.3. The summed E-state index contributed by atoms with van der Waals surface area (Å²) < 4.78 is 0. The molecular formula is C38H59N5O. The zero-order valence-electron chi connectivity index (χ0n) is 29.0. The van der Waals surface area contributed by atoms with Crippen molar-refractivity contribution < 1.29 is 5.11 Å². The van der Waals surface area contributed by atoms with Gasteiger partial charge in [0.1, 0.15) is 5.84 Å². The fourth-order valence-corrected chi connectivity index (χ4v) is 5.59. The van der Waals surface area contributed by atoms with Gasteiger partial charge in [-0.2, -0.15) is 0 Å². The van der Waals surface area contributed by atoms with E-state index in [-0.39, 0.29) is 12.1 Å². The summed E-state index contributed by atoms with van der Waals surface area (Å²) in [6.07, 6.45) is 22.7. The van der Waals surface area contributed by atoms with Crippen molar-refractivity contribution in [2.24, 2.45) is 15.9 Å². The zero-order chi connectivity index (χ0) is 32.3. The maximum absolute atomic E-state index is 9.18. The molecule has 0 spiro atoms. The Kier molecular flexibility index (Phi) is 13.7. The minimum Gasteiger partial charge on any atom is -0.395 e. The van der Waals surface area contributed by atoms with Gasteiger partial charge in [-0.25, -0.2) is 4.99 Å². The Morgan fingerprint density at radius 2 is 1.89 bits per heavy atom. The summed E-state index contributed by atoms with van der Waals surface area (Å²) in [7, 11) is 1.83. The van der Waals surface area contributed by atoms with Gasteiger partial charge in [0.25, 0.3) is 0 Å². The second-order valence-electron chi connectivity index (χ2n) is 13.1. The minimum absolute atomic E-state index is 0.0952. The van der Waals surface area contributed by atoms with E-state index >= 15 is 0 Å². The van der Waals surface area contributed by atoms with E-state index in [9.17, 15) is 5.11 Å². The lowest BCUT2D eigenvalue weighted by Crippen LogP contribution is -2.52. The molecule has 4 aliphatic rings. The predicted molar refractivity (Wildman–Crippen MR) is 190 cm³/mol. The first kappa shape index (κ1) is 35.5. The second kappa shape index (κ2) is 16.9. The van der Waals surface area contributed by atoms with Crippen LogP contribution in [0.1, 0.15) is 99.8 Å². The summed E-state index contributed by atoms with van der Waals surface area (Å²) >= 11 is 0. The molecule has 0 aromatic heterocycles. The van der Waals surface area contributed by atoms with Gasteiger partial charge in [-0.15, -0.1) is 0 Å². The van der Waals surface area contributed by atoms with E-state index in [1.165, 1.54) is 42.7 Å². The van der Waals surface area contributed by atoms with E-state index in [4.69, 9.17) is 4.99 Å². The highest BCUT2D eigenvalue weighted by Gasteiger charge is 2.32. The van der Waals surface area contributed by atoms with Crippen molar-refractivity contribution in [3.8, 4) is 0 Å².